The molecule has 0 fully saturated rings. The lowest BCUT2D eigenvalue weighted by atomic mass is 9.86. The van der Waals surface area contributed by atoms with Crippen LogP contribution in [0.1, 0.15) is 18.1 Å². The normalized spacial score (nSPS) is 13.6. The zero-order valence-corrected chi connectivity index (χ0v) is 30.8. The van der Waals surface area contributed by atoms with Crippen LogP contribution in [0.3, 0.4) is 0 Å². The summed E-state index contributed by atoms with van der Waals surface area (Å²) in [5.41, 5.74) is 12.0. The van der Waals surface area contributed by atoms with E-state index in [0.717, 1.165) is 29.2 Å². The van der Waals surface area contributed by atoms with Gasteiger partial charge < -0.3 is 9.80 Å². The number of benzene rings is 9. The molecule has 0 spiro atoms. The molecule has 55 heavy (non-hydrogen) atoms. The Hall–Kier alpha value is -6.90. The molecule has 0 aliphatic heterocycles. The summed E-state index contributed by atoms with van der Waals surface area (Å²) < 4.78 is 0. The van der Waals surface area contributed by atoms with Gasteiger partial charge in [-0.1, -0.05) is 153 Å². The molecule has 9 aromatic rings. The van der Waals surface area contributed by atoms with Crippen molar-refractivity contribution in [3.63, 3.8) is 0 Å². The number of allylic oxidation sites excluding steroid dienone is 1. The van der Waals surface area contributed by atoms with Crippen molar-refractivity contribution < 1.29 is 0 Å². The van der Waals surface area contributed by atoms with Gasteiger partial charge in [-0.25, -0.2) is 0 Å². The highest BCUT2D eigenvalue weighted by atomic mass is 15.1. The number of fused-ring (bicyclic) bond motifs is 6. The summed E-state index contributed by atoms with van der Waals surface area (Å²) >= 11 is 0. The minimum absolute atomic E-state index is 0.536. The van der Waals surface area contributed by atoms with Gasteiger partial charge in [0.15, 0.2) is 0 Å². The van der Waals surface area contributed by atoms with Gasteiger partial charge in [0.05, 0.1) is 11.4 Å². The monoisotopic (exact) mass is 704 g/mol. The molecule has 2 nitrogen and oxygen atoms in total. The van der Waals surface area contributed by atoms with E-state index in [1.807, 2.05) is 0 Å². The highest BCUT2D eigenvalue weighted by Gasteiger charge is 2.22. The predicted molar refractivity (Wildman–Crippen MR) is 236 cm³/mol. The summed E-state index contributed by atoms with van der Waals surface area (Å²) in [6, 6.07) is 70.6. The molecule has 2 heteroatoms. The van der Waals surface area contributed by atoms with Gasteiger partial charge in [-0.3, -0.25) is 0 Å². The number of anilines is 6. The van der Waals surface area contributed by atoms with E-state index in [4.69, 9.17) is 0 Å². The topological polar surface area (TPSA) is 6.48 Å². The molecule has 1 unspecified atom stereocenters. The third-order valence-corrected chi connectivity index (χ3v) is 11.1. The fourth-order valence-corrected chi connectivity index (χ4v) is 8.49. The van der Waals surface area contributed by atoms with E-state index < -0.39 is 0 Å². The number of nitrogens with zero attached hydrogens (tertiary/aromatic N) is 2. The maximum absolute atomic E-state index is 2.41. The van der Waals surface area contributed by atoms with Crippen molar-refractivity contribution in [2.45, 2.75) is 13.3 Å². The van der Waals surface area contributed by atoms with Crippen LogP contribution in [0.2, 0.25) is 0 Å². The summed E-state index contributed by atoms with van der Waals surface area (Å²) in [6.45, 7) is 2.31. The van der Waals surface area contributed by atoms with Crippen LogP contribution in [0.5, 0.6) is 0 Å². The lowest BCUT2D eigenvalue weighted by Gasteiger charge is -2.29. The Kier molecular flexibility index (Phi) is 8.22. The molecular weight excluding hydrogens is 665 g/mol. The third kappa shape index (κ3) is 5.93. The quantitative estimate of drug-likeness (QED) is 0.152. The average Bonchev–Trinajstić information content (AvgIpc) is 3.25. The molecule has 1 atom stereocenters. The van der Waals surface area contributed by atoms with Crippen molar-refractivity contribution in [2.75, 3.05) is 9.80 Å². The van der Waals surface area contributed by atoms with Crippen LogP contribution < -0.4 is 9.80 Å². The van der Waals surface area contributed by atoms with E-state index in [1.165, 1.54) is 65.9 Å². The molecule has 0 radical (unpaired) electrons. The second-order valence-corrected chi connectivity index (χ2v) is 14.6. The Labute approximate surface area is 322 Å². The Morgan fingerprint density at radius 2 is 0.836 bits per heavy atom. The number of rotatable bonds is 7. The minimum atomic E-state index is 0.536. The summed E-state index contributed by atoms with van der Waals surface area (Å²) in [5.74, 6) is 0.536. The van der Waals surface area contributed by atoms with E-state index in [9.17, 15) is 0 Å². The first kappa shape index (κ1) is 32.7. The summed E-state index contributed by atoms with van der Waals surface area (Å²) in [4.78, 5) is 4.80. The molecule has 10 rings (SSSR count). The molecule has 0 N–H and O–H groups in total. The Morgan fingerprint density at radius 3 is 1.42 bits per heavy atom. The van der Waals surface area contributed by atoms with Gasteiger partial charge >= 0.3 is 0 Å². The highest BCUT2D eigenvalue weighted by molar-refractivity contribution is 6.14. The second kappa shape index (κ2) is 13.8. The molecular formula is C53H40N2. The standard InChI is InChI=1S/C53H40N2/c1-37-24-25-41-36-53(50-23-13-11-21-48(50)51(41)34-37)55(43-17-6-3-7-18-43)45-32-28-39(29-33-45)38-26-30-44(31-27-38)54(42-15-4-2-5-16-42)52-35-40-14-8-9-19-46(40)47-20-10-12-22-49(47)52/h2-33,35-37H,34H2,1H3. The van der Waals surface area contributed by atoms with Crippen molar-refractivity contribution in [1.29, 1.82) is 0 Å². The smallest absolute Gasteiger partial charge is 0.0546 e. The van der Waals surface area contributed by atoms with Crippen LogP contribution in [-0.4, -0.2) is 0 Å². The maximum atomic E-state index is 2.41. The SMILES string of the molecule is CC1C=Cc2cc(N(c3ccccc3)c3ccc(-c4ccc(N(c5ccccc5)c5cc6ccccc6c6ccccc56)cc4)cc3)c3ccccc3c2C1. The summed E-state index contributed by atoms with van der Waals surface area (Å²) in [6.07, 6.45) is 5.72. The largest absolute Gasteiger partial charge is 0.310 e. The molecule has 0 heterocycles. The van der Waals surface area contributed by atoms with Crippen LogP contribution >= 0.6 is 0 Å². The van der Waals surface area contributed by atoms with E-state index in [0.29, 0.717) is 5.92 Å². The Bertz CT molecular complexity index is 2840. The lowest BCUT2D eigenvalue weighted by molar-refractivity contribution is 0.721. The van der Waals surface area contributed by atoms with Crippen LogP contribution in [0.25, 0.3) is 49.5 Å². The third-order valence-electron chi connectivity index (χ3n) is 11.1. The molecule has 0 aromatic heterocycles. The van der Waals surface area contributed by atoms with Gasteiger partial charge in [-0.2, -0.15) is 0 Å². The molecule has 262 valence electrons. The minimum Gasteiger partial charge on any atom is -0.310 e. The maximum Gasteiger partial charge on any atom is 0.0546 e. The zero-order valence-electron chi connectivity index (χ0n) is 30.8. The molecule has 1 aliphatic rings. The van der Waals surface area contributed by atoms with Crippen molar-refractivity contribution >= 4 is 72.5 Å². The Morgan fingerprint density at radius 1 is 0.400 bits per heavy atom. The first-order valence-electron chi connectivity index (χ1n) is 19.2. The van der Waals surface area contributed by atoms with E-state index in [1.54, 1.807) is 0 Å². The number of hydrogen-bond donors (Lipinski definition) is 0. The fraction of sp³-hybridized carbons (Fsp3) is 0.0566. The van der Waals surface area contributed by atoms with E-state index >= 15 is 0 Å². The van der Waals surface area contributed by atoms with Crippen LogP contribution in [-0.2, 0) is 6.42 Å². The highest BCUT2D eigenvalue weighted by Crippen LogP contribution is 2.45. The summed E-state index contributed by atoms with van der Waals surface area (Å²) in [5, 5.41) is 7.59. The molecule has 0 saturated heterocycles. The van der Waals surface area contributed by atoms with Crippen LogP contribution in [0, 0.1) is 5.92 Å². The zero-order chi connectivity index (χ0) is 36.7. The van der Waals surface area contributed by atoms with Gasteiger partial charge in [0, 0.05) is 33.5 Å². The van der Waals surface area contributed by atoms with Gasteiger partial charge in [-0.15, -0.1) is 0 Å². The number of hydrogen-bond acceptors (Lipinski definition) is 2. The van der Waals surface area contributed by atoms with Gasteiger partial charge in [-0.05, 0) is 117 Å². The van der Waals surface area contributed by atoms with Crippen molar-refractivity contribution in [1.82, 2.24) is 0 Å². The second-order valence-electron chi connectivity index (χ2n) is 14.6. The van der Waals surface area contributed by atoms with Crippen LogP contribution in [0.15, 0.2) is 200 Å². The summed E-state index contributed by atoms with van der Waals surface area (Å²) in [7, 11) is 0. The first-order valence-corrected chi connectivity index (χ1v) is 19.2. The predicted octanol–water partition coefficient (Wildman–Crippen LogP) is 15.0. The molecule has 0 bridgehead atoms. The van der Waals surface area contributed by atoms with Gasteiger partial charge in [0.25, 0.3) is 0 Å². The molecule has 0 saturated carbocycles. The first-order chi connectivity index (χ1) is 27.2. The number of para-hydroxylation sites is 2. The van der Waals surface area contributed by atoms with E-state index in [-0.39, 0.29) is 0 Å². The van der Waals surface area contributed by atoms with E-state index in [2.05, 4.69) is 223 Å². The van der Waals surface area contributed by atoms with Gasteiger partial charge in [0.2, 0.25) is 0 Å². The molecule has 1 aliphatic carbocycles. The van der Waals surface area contributed by atoms with Crippen molar-refractivity contribution in [3.05, 3.63) is 211 Å². The lowest BCUT2D eigenvalue weighted by Crippen LogP contribution is -2.12. The molecule has 9 aromatic carbocycles. The molecule has 0 amide bonds. The van der Waals surface area contributed by atoms with Crippen molar-refractivity contribution in [2.24, 2.45) is 5.92 Å². The van der Waals surface area contributed by atoms with Crippen LogP contribution in [0.4, 0.5) is 34.1 Å². The Balaban J connectivity index is 1.04. The fourth-order valence-electron chi connectivity index (χ4n) is 8.49. The average molecular weight is 705 g/mol. The van der Waals surface area contributed by atoms with Crippen molar-refractivity contribution in [3.8, 4) is 11.1 Å². The van der Waals surface area contributed by atoms with Gasteiger partial charge in [0.1, 0.15) is 0 Å².